The van der Waals surface area contributed by atoms with E-state index < -0.39 is 15.6 Å². The fraction of sp³-hybridized carbons (Fsp3) is 0.550. The lowest BCUT2D eigenvalue weighted by molar-refractivity contribution is -0.121. The molecule has 1 saturated heterocycles. The molecule has 0 unspecified atom stereocenters. The molecule has 1 aromatic heterocycles. The monoisotopic (exact) mass is 435 g/mol. The first kappa shape index (κ1) is 22.4. The standard InChI is InChI=1S/C20H29N5O4S/c1-15-6-9-25(10-7-15)30(28,29)16-4-5-18-17(12-16)20(27)24(14-22-18)13-19(26)21-8-11-23(2)3/h4-5,12,14-15H,6-11,13H2,1-3H3,(H,21,26). The van der Waals surface area contributed by atoms with Gasteiger partial charge in [0.2, 0.25) is 15.9 Å². The molecule has 1 amide bonds. The molecule has 0 saturated carbocycles. The van der Waals surface area contributed by atoms with Crippen molar-refractivity contribution in [1.82, 2.24) is 24.1 Å². The van der Waals surface area contributed by atoms with Gasteiger partial charge in [-0.25, -0.2) is 13.4 Å². The second-order valence-electron chi connectivity index (χ2n) is 8.10. The molecule has 10 heteroatoms. The number of nitrogens with one attached hydrogen (secondary N) is 1. The Kier molecular flexibility index (Phi) is 6.89. The maximum Gasteiger partial charge on any atom is 0.261 e. The van der Waals surface area contributed by atoms with Crippen molar-refractivity contribution in [2.24, 2.45) is 5.92 Å². The number of benzene rings is 1. The predicted octanol–water partition coefficient (Wildman–Crippen LogP) is 0.495. The van der Waals surface area contributed by atoms with Gasteiger partial charge in [-0.2, -0.15) is 4.31 Å². The van der Waals surface area contributed by atoms with Crippen LogP contribution in [0, 0.1) is 5.92 Å². The second-order valence-corrected chi connectivity index (χ2v) is 10.0. The normalized spacial score (nSPS) is 16.3. The Morgan fingerprint density at radius 2 is 1.97 bits per heavy atom. The highest BCUT2D eigenvalue weighted by molar-refractivity contribution is 7.89. The maximum atomic E-state index is 13.0. The molecule has 1 aromatic carbocycles. The molecule has 1 aliphatic heterocycles. The number of carbonyl (C=O) groups excluding carboxylic acids is 1. The van der Waals surface area contributed by atoms with Crippen LogP contribution in [0.3, 0.4) is 0 Å². The van der Waals surface area contributed by atoms with Crippen LogP contribution in [0.1, 0.15) is 19.8 Å². The summed E-state index contributed by atoms with van der Waals surface area (Å²) < 4.78 is 28.7. The second kappa shape index (κ2) is 9.23. The van der Waals surface area contributed by atoms with Gasteiger partial charge < -0.3 is 10.2 Å². The number of fused-ring (bicyclic) bond motifs is 1. The smallest absolute Gasteiger partial charge is 0.261 e. The molecule has 30 heavy (non-hydrogen) atoms. The van der Waals surface area contributed by atoms with Crippen molar-refractivity contribution in [3.05, 3.63) is 34.9 Å². The molecule has 2 heterocycles. The topological polar surface area (TPSA) is 105 Å². The zero-order valence-corrected chi connectivity index (χ0v) is 18.5. The van der Waals surface area contributed by atoms with E-state index in [-0.39, 0.29) is 22.7 Å². The van der Waals surface area contributed by atoms with Gasteiger partial charge >= 0.3 is 0 Å². The van der Waals surface area contributed by atoms with Gasteiger partial charge in [-0.3, -0.25) is 14.2 Å². The number of rotatable bonds is 7. The number of amides is 1. The summed E-state index contributed by atoms with van der Waals surface area (Å²) in [4.78, 5) is 31.2. The Bertz CT molecular complexity index is 1070. The van der Waals surface area contributed by atoms with Gasteiger partial charge in [0.15, 0.2) is 0 Å². The van der Waals surface area contributed by atoms with Gasteiger partial charge in [-0.15, -0.1) is 0 Å². The summed E-state index contributed by atoms with van der Waals surface area (Å²) in [5.74, 6) is 0.208. The van der Waals surface area contributed by atoms with Crippen molar-refractivity contribution in [2.45, 2.75) is 31.2 Å². The summed E-state index contributed by atoms with van der Waals surface area (Å²) in [6.07, 6.45) is 2.96. The predicted molar refractivity (Wildman–Crippen MR) is 115 cm³/mol. The molecule has 164 valence electrons. The lowest BCUT2D eigenvalue weighted by atomic mass is 10.0. The number of hydrogen-bond donors (Lipinski definition) is 1. The highest BCUT2D eigenvalue weighted by Crippen LogP contribution is 2.24. The SMILES string of the molecule is CC1CCN(S(=O)(=O)c2ccc3ncn(CC(=O)NCCN(C)C)c(=O)c3c2)CC1. The quantitative estimate of drug-likeness (QED) is 0.679. The van der Waals surface area contributed by atoms with Crippen LogP contribution in [0.25, 0.3) is 10.9 Å². The minimum Gasteiger partial charge on any atom is -0.353 e. The largest absolute Gasteiger partial charge is 0.353 e. The van der Waals surface area contributed by atoms with E-state index in [1.165, 1.54) is 33.4 Å². The minimum atomic E-state index is -3.68. The molecule has 0 bridgehead atoms. The summed E-state index contributed by atoms with van der Waals surface area (Å²) in [7, 11) is 0.129. The highest BCUT2D eigenvalue weighted by atomic mass is 32.2. The Morgan fingerprint density at radius 1 is 1.27 bits per heavy atom. The molecule has 1 aliphatic rings. The lowest BCUT2D eigenvalue weighted by Gasteiger charge is -2.29. The fourth-order valence-corrected chi connectivity index (χ4v) is 4.91. The fourth-order valence-electron chi connectivity index (χ4n) is 3.42. The Hall–Kier alpha value is -2.30. The van der Waals surface area contributed by atoms with Crippen molar-refractivity contribution >= 4 is 26.8 Å². The zero-order chi connectivity index (χ0) is 21.9. The van der Waals surface area contributed by atoms with Crippen LogP contribution in [-0.2, 0) is 21.4 Å². The van der Waals surface area contributed by atoms with Crippen molar-refractivity contribution in [3.8, 4) is 0 Å². The van der Waals surface area contributed by atoms with Crippen LogP contribution >= 0.6 is 0 Å². The third kappa shape index (κ3) is 5.05. The first-order chi connectivity index (χ1) is 14.2. The van der Waals surface area contributed by atoms with Crippen LogP contribution in [0.15, 0.2) is 34.2 Å². The average molecular weight is 436 g/mol. The molecule has 0 radical (unpaired) electrons. The van der Waals surface area contributed by atoms with E-state index in [4.69, 9.17) is 0 Å². The van der Waals surface area contributed by atoms with E-state index in [1.54, 1.807) is 0 Å². The number of aromatic nitrogens is 2. The van der Waals surface area contributed by atoms with Crippen LogP contribution in [0.2, 0.25) is 0 Å². The van der Waals surface area contributed by atoms with E-state index in [9.17, 15) is 18.0 Å². The number of carbonyl (C=O) groups is 1. The zero-order valence-electron chi connectivity index (χ0n) is 17.7. The Labute approximate surface area is 176 Å². The van der Waals surface area contributed by atoms with Gasteiger partial charge in [-0.05, 0) is 51.1 Å². The van der Waals surface area contributed by atoms with Gasteiger partial charge in [0.05, 0.1) is 22.1 Å². The Balaban J connectivity index is 1.84. The van der Waals surface area contributed by atoms with E-state index in [0.29, 0.717) is 37.6 Å². The molecule has 0 aliphatic carbocycles. The number of sulfonamides is 1. The summed E-state index contributed by atoms with van der Waals surface area (Å²) >= 11 is 0. The van der Waals surface area contributed by atoms with Crippen molar-refractivity contribution in [2.75, 3.05) is 40.3 Å². The molecular formula is C20H29N5O4S. The molecule has 0 spiro atoms. The summed E-state index contributed by atoms with van der Waals surface area (Å²) in [5.41, 5.74) is -0.0393. The van der Waals surface area contributed by atoms with Gasteiger partial charge in [0, 0.05) is 26.2 Å². The third-order valence-electron chi connectivity index (χ3n) is 5.37. The number of likely N-dealkylation sites (N-methyl/N-ethyl adjacent to an activating group) is 1. The maximum absolute atomic E-state index is 13.0. The third-order valence-corrected chi connectivity index (χ3v) is 7.27. The molecule has 1 fully saturated rings. The molecule has 0 atom stereocenters. The van der Waals surface area contributed by atoms with Gasteiger partial charge in [0.1, 0.15) is 6.54 Å². The molecule has 3 rings (SSSR count). The van der Waals surface area contributed by atoms with Gasteiger partial charge in [-0.1, -0.05) is 6.92 Å². The van der Waals surface area contributed by atoms with Crippen LogP contribution in [0.5, 0.6) is 0 Å². The number of nitrogens with zero attached hydrogens (tertiary/aromatic N) is 4. The summed E-state index contributed by atoms with van der Waals surface area (Å²) in [5, 5.41) is 2.93. The molecular weight excluding hydrogens is 406 g/mol. The lowest BCUT2D eigenvalue weighted by Crippen LogP contribution is -2.38. The van der Waals surface area contributed by atoms with Crippen LogP contribution in [0.4, 0.5) is 0 Å². The molecule has 2 aromatic rings. The number of piperidine rings is 1. The van der Waals surface area contributed by atoms with E-state index >= 15 is 0 Å². The molecule has 9 nitrogen and oxygen atoms in total. The van der Waals surface area contributed by atoms with Crippen LogP contribution < -0.4 is 10.9 Å². The highest BCUT2D eigenvalue weighted by Gasteiger charge is 2.28. The van der Waals surface area contributed by atoms with Crippen molar-refractivity contribution in [1.29, 1.82) is 0 Å². The van der Waals surface area contributed by atoms with Crippen molar-refractivity contribution in [3.63, 3.8) is 0 Å². The van der Waals surface area contributed by atoms with Gasteiger partial charge in [0.25, 0.3) is 5.56 Å². The van der Waals surface area contributed by atoms with E-state index in [1.807, 2.05) is 19.0 Å². The summed E-state index contributed by atoms with van der Waals surface area (Å²) in [6.45, 7) is 4.06. The first-order valence-electron chi connectivity index (χ1n) is 10.1. The first-order valence-corrected chi connectivity index (χ1v) is 11.5. The number of hydrogen-bond acceptors (Lipinski definition) is 6. The minimum absolute atomic E-state index is 0.0802. The van der Waals surface area contributed by atoms with Crippen molar-refractivity contribution < 1.29 is 13.2 Å². The van der Waals surface area contributed by atoms with Crippen LogP contribution in [-0.4, -0.2) is 73.4 Å². The Morgan fingerprint density at radius 3 is 2.63 bits per heavy atom. The van der Waals surface area contributed by atoms with E-state index in [0.717, 1.165) is 12.8 Å². The van der Waals surface area contributed by atoms with E-state index in [2.05, 4.69) is 17.2 Å². The molecule has 1 N–H and O–H groups in total. The average Bonchev–Trinajstić information content (AvgIpc) is 2.70. The summed E-state index contributed by atoms with van der Waals surface area (Å²) in [6, 6.07) is 4.40.